The predicted octanol–water partition coefficient (Wildman–Crippen LogP) is 3.42. The smallest absolute Gasteiger partial charge is 0.163 e. The molecule has 5 heteroatoms. The highest BCUT2D eigenvalue weighted by Gasteiger charge is 2.19. The molecule has 104 valence electrons. The zero-order valence-electron chi connectivity index (χ0n) is 11.3. The van der Waals surface area contributed by atoms with Crippen LogP contribution in [0.2, 0.25) is 5.02 Å². The number of benzene rings is 1. The van der Waals surface area contributed by atoms with Gasteiger partial charge >= 0.3 is 0 Å². The normalized spacial score (nSPS) is 13.6. The molecule has 2 N–H and O–H groups in total. The van der Waals surface area contributed by atoms with Gasteiger partial charge in [0, 0.05) is 28.4 Å². The highest BCUT2D eigenvalue weighted by atomic mass is 35.5. The van der Waals surface area contributed by atoms with Crippen molar-refractivity contribution < 1.29 is 0 Å². The number of halogens is 1. The molecule has 0 bridgehead atoms. The van der Waals surface area contributed by atoms with Crippen molar-refractivity contribution >= 4 is 28.3 Å². The summed E-state index contributed by atoms with van der Waals surface area (Å²) in [6.45, 7) is 0. The van der Waals surface area contributed by atoms with E-state index in [4.69, 9.17) is 17.3 Å². The zero-order chi connectivity index (χ0) is 14.4. The van der Waals surface area contributed by atoms with Crippen molar-refractivity contribution in [2.45, 2.75) is 19.3 Å². The van der Waals surface area contributed by atoms with Crippen molar-refractivity contribution in [2.24, 2.45) is 0 Å². The minimum atomic E-state index is 0.589. The van der Waals surface area contributed by atoms with Crippen molar-refractivity contribution in [3.63, 3.8) is 0 Å². The second-order valence-electron chi connectivity index (χ2n) is 5.21. The SMILES string of the molecule is Nc1nc(-c2ccc(Cl)c3cccnc23)nc2c1CCC2. The minimum absolute atomic E-state index is 0.589. The van der Waals surface area contributed by atoms with Crippen LogP contribution in [0.5, 0.6) is 0 Å². The maximum atomic E-state index is 6.24. The lowest BCUT2D eigenvalue weighted by Crippen LogP contribution is -2.03. The van der Waals surface area contributed by atoms with E-state index in [0.29, 0.717) is 16.7 Å². The van der Waals surface area contributed by atoms with Gasteiger partial charge in [-0.1, -0.05) is 11.6 Å². The van der Waals surface area contributed by atoms with Gasteiger partial charge in [0.05, 0.1) is 10.5 Å². The first-order chi connectivity index (χ1) is 10.2. The van der Waals surface area contributed by atoms with Gasteiger partial charge in [0.25, 0.3) is 0 Å². The van der Waals surface area contributed by atoms with Crippen molar-refractivity contribution in [1.29, 1.82) is 0 Å². The molecule has 0 saturated heterocycles. The molecular formula is C16H13ClN4. The van der Waals surface area contributed by atoms with Crippen LogP contribution in [-0.2, 0) is 12.8 Å². The van der Waals surface area contributed by atoms with Gasteiger partial charge in [0.2, 0.25) is 0 Å². The molecule has 0 aliphatic heterocycles. The highest BCUT2D eigenvalue weighted by molar-refractivity contribution is 6.35. The Bertz CT molecular complexity index is 860. The van der Waals surface area contributed by atoms with Crippen LogP contribution in [0.25, 0.3) is 22.3 Å². The fourth-order valence-electron chi connectivity index (χ4n) is 2.90. The summed E-state index contributed by atoms with van der Waals surface area (Å²) in [6, 6.07) is 7.59. The van der Waals surface area contributed by atoms with Gasteiger partial charge in [-0.25, -0.2) is 9.97 Å². The van der Waals surface area contributed by atoms with Gasteiger partial charge in [-0.15, -0.1) is 0 Å². The van der Waals surface area contributed by atoms with Gasteiger partial charge in [0.1, 0.15) is 5.82 Å². The van der Waals surface area contributed by atoms with E-state index < -0.39 is 0 Å². The maximum Gasteiger partial charge on any atom is 0.163 e. The summed E-state index contributed by atoms with van der Waals surface area (Å²) in [4.78, 5) is 13.6. The number of nitrogens with zero attached hydrogens (tertiary/aromatic N) is 3. The lowest BCUT2D eigenvalue weighted by molar-refractivity contribution is 0.900. The van der Waals surface area contributed by atoms with Gasteiger partial charge in [-0.05, 0) is 43.5 Å². The lowest BCUT2D eigenvalue weighted by Gasteiger charge is -2.09. The maximum absolute atomic E-state index is 6.24. The van der Waals surface area contributed by atoms with Gasteiger partial charge in [-0.2, -0.15) is 0 Å². The Balaban J connectivity index is 1.99. The summed E-state index contributed by atoms with van der Waals surface area (Å²) in [7, 11) is 0. The molecule has 1 aliphatic rings. The number of pyridine rings is 1. The van der Waals surface area contributed by atoms with E-state index >= 15 is 0 Å². The Hall–Kier alpha value is -2.20. The molecule has 3 aromatic rings. The number of anilines is 1. The number of nitrogens with two attached hydrogens (primary N) is 1. The van der Waals surface area contributed by atoms with E-state index in [9.17, 15) is 0 Å². The Morgan fingerprint density at radius 1 is 1.10 bits per heavy atom. The second-order valence-corrected chi connectivity index (χ2v) is 5.61. The zero-order valence-corrected chi connectivity index (χ0v) is 12.1. The molecule has 2 heterocycles. The van der Waals surface area contributed by atoms with Crippen molar-refractivity contribution in [3.8, 4) is 11.4 Å². The molecule has 0 saturated carbocycles. The highest BCUT2D eigenvalue weighted by Crippen LogP contribution is 2.32. The summed E-state index contributed by atoms with van der Waals surface area (Å²) in [6.07, 6.45) is 4.78. The number of rotatable bonds is 1. The lowest BCUT2D eigenvalue weighted by atomic mass is 10.1. The summed E-state index contributed by atoms with van der Waals surface area (Å²) in [5, 5.41) is 1.58. The molecule has 21 heavy (non-hydrogen) atoms. The number of hydrogen-bond acceptors (Lipinski definition) is 4. The van der Waals surface area contributed by atoms with Crippen LogP contribution >= 0.6 is 11.6 Å². The second kappa shape index (κ2) is 4.67. The quantitative estimate of drug-likeness (QED) is 0.747. The van der Waals surface area contributed by atoms with Crippen LogP contribution in [0.4, 0.5) is 5.82 Å². The third-order valence-corrected chi connectivity index (χ3v) is 4.25. The molecule has 0 fully saturated rings. The molecule has 4 nitrogen and oxygen atoms in total. The number of aromatic nitrogens is 3. The predicted molar refractivity (Wildman–Crippen MR) is 84.2 cm³/mol. The van der Waals surface area contributed by atoms with Crippen LogP contribution in [0.15, 0.2) is 30.5 Å². The van der Waals surface area contributed by atoms with Crippen LogP contribution in [0.3, 0.4) is 0 Å². The number of fused-ring (bicyclic) bond motifs is 2. The average Bonchev–Trinajstić information content (AvgIpc) is 2.97. The fourth-order valence-corrected chi connectivity index (χ4v) is 3.12. The molecule has 1 aromatic carbocycles. The van der Waals surface area contributed by atoms with E-state index in [1.807, 2.05) is 24.3 Å². The molecule has 1 aliphatic carbocycles. The van der Waals surface area contributed by atoms with Gasteiger partial charge in [-0.3, -0.25) is 4.98 Å². The van der Waals surface area contributed by atoms with Crippen LogP contribution in [0.1, 0.15) is 17.7 Å². The summed E-state index contributed by atoms with van der Waals surface area (Å²) in [5.74, 6) is 1.22. The number of aryl methyl sites for hydroxylation is 1. The molecule has 4 rings (SSSR count). The molecular weight excluding hydrogens is 284 g/mol. The molecule has 0 spiro atoms. The largest absolute Gasteiger partial charge is 0.383 e. The molecule has 0 radical (unpaired) electrons. The molecule has 2 aromatic heterocycles. The van der Waals surface area contributed by atoms with E-state index in [1.165, 1.54) is 0 Å². The Morgan fingerprint density at radius 2 is 2.00 bits per heavy atom. The van der Waals surface area contributed by atoms with E-state index in [-0.39, 0.29) is 0 Å². The monoisotopic (exact) mass is 296 g/mol. The standard InChI is InChI=1S/C16H13ClN4/c17-12-7-6-11(14-9(12)4-2-8-19-14)16-20-13-5-1-3-10(13)15(18)21-16/h2,4,6-8H,1,3,5H2,(H2,18,20,21). The first-order valence-corrected chi connectivity index (χ1v) is 7.30. The first-order valence-electron chi connectivity index (χ1n) is 6.93. The summed E-state index contributed by atoms with van der Waals surface area (Å²) in [5.41, 5.74) is 9.93. The van der Waals surface area contributed by atoms with E-state index in [2.05, 4.69) is 15.0 Å². The fraction of sp³-hybridized carbons (Fsp3) is 0.188. The van der Waals surface area contributed by atoms with E-state index in [1.54, 1.807) is 6.20 Å². The third kappa shape index (κ3) is 1.94. The Labute approximate surface area is 127 Å². The molecule has 0 unspecified atom stereocenters. The van der Waals surface area contributed by atoms with Crippen molar-refractivity contribution in [3.05, 3.63) is 46.7 Å². The first kappa shape index (κ1) is 12.5. The van der Waals surface area contributed by atoms with Gasteiger partial charge in [0.15, 0.2) is 5.82 Å². The van der Waals surface area contributed by atoms with E-state index in [0.717, 1.165) is 47.0 Å². The summed E-state index contributed by atoms with van der Waals surface area (Å²) < 4.78 is 0. The minimum Gasteiger partial charge on any atom is -0.383 e. The van der Waals surface area contributed by atoms with Crippen molar-refractivity contribution in [2.75, 3.05) is 5.73 Å². The Morgan fingerprint density at radius 3 is 2.90 bits per heavy atom. The number of hydrogen-bond donors (Lipinski definition) is 1. The summed E-state index contributed by atoms with van der Waals surface area (Å²) >= 11 is 6.24. The van der Waals surface area contributed by atoms with Crippen LogP contribution in [0, 0.1) is 0 Å². The molecule has 0 atom stereocenters. The third-order valence-electron chi connectivity index (χ3n) is 3.92. The molecule has 0 amide bonds. The Kier molecular flexibility index (Phi) is 2.79. The topological polar surface area (TPSA) is 64.7 Å². The number of nitrogen functional groups attached to an aromatic ring is 1. The van der Waals surface area contributed by atoms with Crippen molar-refractivity contribution in [1.82, 2.24) is 15.0 Å². The van der Waals surface area contributed by atoms with Crippen LogP contribution < -0.4 is 5.73 Å². The van der Waals surface area contributed by atoms with Crippen LogP contribution in [-0.4, -0.2) is 15.0 Å². The average molecular weight is 297 g/mol. The van der Waals surface area contributed by atoms with Gasteiger partial charge < -0.3 is 5.73 Å².